The molecule has 3 aliphatic rings. The van der Waals surface area contributed by atoms with E-state index in [2.05, 4.69) is 37.3 Å². The first-order valence-electron chi connectivity index (χ1n) is 8.32. The molecule has 3 heteroatoms. The predicted molar refractivity (Wildman–Crippen MR) is 90.0 cm³/mol. The minimum absolute atomic E-state index is 0.0655. The summed E-state index contributed by atoms with van der Waals surface area (Å²) in [5.74, 6) is 0.0119. The largest absolute Gasteiger partial charge is 0.467 e. The number of hydrogen-bond acceptors (Lipinski definition) is 3. The molecular weight excluding hydrogens is 300 g/mol. The number of benzene rings is 2. The van der Waals surface area contributed by atoms with Crippen molar-refractivity contribution in [1.29, 1.82) is 0 Å². The molecule has 0 radical (unpaired) electrons. The van der Waals surface area contributed by atoms with E-state index >= 15 is 0 Å². The quantitative estimate of drug-likeness (QED) is 0.789. The van der Waals surface area contributed by atoms with E-state index in [1.54, 1.807) is 0 Å². The van der Waals surface area contributed by atoms with Crippen LogP contribution < -0.4 is 0 Å². The van der Waals surface area contributed by atoms with E-state index in [0.717, 1.165) is 11.1 Å². The highest BCUT2D eigenvalue weighted by Crippen LogP contribution is 2.71. The second kappa shape index (κ2) is 4.58. The van der Waals surface area contributed by atoms with E-state index in [0.29, 0.717) is 0 Å². The van der Waals surface area contributed by atoms with Crippen LogP contribution in [0.2, 0.25) is 0 Å². The highest BCUT2D eigenvalue weighted by molar-refractivity contribution is 5.91. The van der Waals surface area contributed by atoms with Crippen LogP contribution in [0.1, 0.15) is 29.7 Å². The lowest BCUT2D eigenvalue weighted by atomic mass is 9.55. The number of ether oxygens (including phenoxy) is 2. The number of methoxy groups -OCH3 is 1. The van der Waals surface area contributed by atoms with Gasteiger partial charge < -0.3 is 9.47 Å². The Hall–Kier alpha value is -2.39. The highest BCUT2D eigenvalue weighted by atomic mass is 16.6. The fraction of sp³-hybridized carbons (Fsp3) is 0.286. The summed E-state index contributed by atoms with van der Waals surface area (Å²) in [6, 6.07) is 18.5. The van der Waals surface area contributed by atoms with Crippen molar-refractivity contribution in [1.82, 2.24) is 0 Å². The monoisotopic (exact) mass is 318 g/mol. The molecule has 2 aliphatic heterocycles. The normalized spacial score (nSPS) is 32.2. The summed E-state index contributed by atoms with van der Waals surface area (Å²) in [5, 5.41) is 0. The number of fused-ring (bicyclic) bond motifs is 8. The second-order valence-electron chi connectivity index (χ2n) is 6.82. The van der Waals surface area contributed by atoms with Crippen LogP contribution in [0.15, 0.2) is 60.2 Å². The molecule has 4 unspecified atom stereocenters. The first-order chi connectivity index (χ1) is 11.7. The maximum Gasteiger partial charge on any atom is 0.343 e. The van der Waals surface area contributed by atoms with E-state index in [9.17, 15) is 4.79 Å². The van der Waals surface area contributed by atoms with Crippen molar-refractivity contribution >= 4 is 11.5 Å². The zero-order chi connectivity index (χ0) is 16.5. The standard InChI is InChI=1S/C21H18O3/c1-12-16(13-8-4-3-5-9-13)17-18(12)21(20(22)23-2)15-11-7-6-10-14(15)19(17)24-21/h3-11,17-19H,1-2H3. The van der Waals surface area contributed by atoms with Crippen molar-refractivity contribution in [2.45, 2.75) is 18.6 Å². The number of esters is 1. The molecule has 2 aromatic rings. The molecule has 0 saturated carbocycles. The first kappa shape index (κ1) is 14.0. The van der Waals surface area contributed by atoms with Gasteiger partial charge in [0.15, 0.2) is 5.60 Å². The van der Waals surface area contributed by atoms with Gasteiger partial charge in [-0.3, -0.25) is 0 Å². The molecule has 1 saturated heterocycles. The van der Waals surface area contributed by atoms with Crippen LogP contribution in [0.4, 0.5) is 0 Å². The molecule has 1 aliphatic carbocycles. The van der Waals surface area contributed by atoms with Gasteiger partial charge >= 0.3 is 5.97 Å². The molecule has 3 nitrogen and oxygen atoms in total. The highest BCUT2D eigenvalue weighted by Gasteiger charge is 2.71. The minimum Gasteiger partial charge on any atom is -0.467 e. The molecule has 0 amide bonds. The summed E-state index contributed by atoms with van der Waals surface area (Å²) in [6.45, 7) is 2.13. The Kier molecular flexibility index (Phi) is 2.67. The topological polar surface area (TPSA) is 35.5 Å². The molecule has 2 bridgehead atoms. The van der Waals surface area contributed by atoms with Crippen molar-refractivity contribution in [2.75, 3.05) is 7.11 Å². The van der Waals surface area contributed by atoms with Gasteiger partial charge in [-0.2, -0.15) is 0 Å². The van der Waals surface area contributed by atoms with Crippen LogP contribution >= 0.6 is 0 Å². The SMILES string of the molecule is COC(=O)C12OC(c3ccccc31)C1C(c3ccccc3)=C(C)C12. The summed E-state index contributed by atoms with van der Waals surface area (Å²) < 4.78 is 11.5. The van der Waals surface area contributed by atoms with Crippen LogP contribution in [-0.2, 0) is 19.9 Å². The Balaban J connectivity index is 1.72. The van der Waals surface area contributed by atoms with Gasteiger partial charge in [0.2, 0.25) is 0 Å². The van der Waals surface area contributed by atoms with Gasteiger partial charge in [-0.15, -0.1) is 0 Å². The summed E-state index contributed by atoms with van der Waals surface area (Å²) >= 11 is 0. The molecule has 2 aromatic carbocycles. The Morgan fingerprint density at radius 1 is 1.08 bits per heavy atom. The van der Waals surface area contributed by atoms with Crippen molar-refractivity contribution in [2.24, 2.45) is 11.8 Å². The average molecular weight is 318 g/mol. The Morgan fingerprint density at radius 3 is 2.54 bits per heavy atom. The first-order valence-corrected chi connectivity index (χ1v) is 8.32. The molecule has 5 rings (SSSR count). The number of carbonyl (C=O) groups excluding carboxylic acids is 1. The molecule has 2 heterocycles. The fourth-order valence-corrected chi connectivity index (χ4v) is 5.05. The van der Waals surface area contributed by atoms with Crippen LogP contribution in [0.3, 0.4) is 0 Å². The van der Waals surface area contributed by atoms with Gasteiger partial charge in [0.25, 0.3) is 0 Å². The van der Waals surface area contributed by atoms with E-state index in [-0.39, 0.29) is 23.9 Å². The molecule has 4 atom stereocenters. The molecular formula is C21H18O3. The summed E-state index contributed by atoms with van der Waals surface area (Å²) in [5.41, 5.74) is 4.94. The summed E-state index contributed by atoms with van der Waals surface area (Å²) in [6.07, 6.45) is -0.0655. The van der Waals surface area contributed by atoms with Gasteiger partial charge in [-0.1, -0.05) is 60.2 Å². The maximum absolute atomic E-state index is 12.8. The molecule has 0 spiro atoms. The van der Waals surface area contributed by atoms with Crippen molar-refractivity contribution in [3.8, 4) is 0 Å². The smallest absolute Gasteiger partial charge is 0.343 e. The van der Waals surface area contributed by atoms with E-state index in [1.165, 1.54) is 23.8 Å². The third-order valence-electron chi connectivity index (χ3n) is 5.90. The van der Waals surface area contributed by atoms with Gasteiger partial charge in [0, 0.05) is 17.4 Å². The van der Waals surface area contributed by atoms with Crippen LogP contribution in [0.5, 0.6) is 0 Å². The van der Waals surface area contributed by atoms with Crippen LogP contribution in [0.25, 0.3) is 5.57 Å². The number of hydrogen-bond donors (Lipinski definition) is 0. The third kappa shape index (κ3) is 1.40. The van der Waals surface area contributed by atoms with Gasteiger partial charge in [-0.05, 0) is 23.6 Å². The van der Waals surface area contributed by atoms with Crippen molar-refractivity contribution in [3.05, 3.63) is 76.9 Å². The van der Waals surface area contributed by atoms with Crippen LogP contribution in [-0.4, -0.2) is 13.1 Å². The minimum atomic E-state index is -0.969. The third-order valence-corrected chi connectivity index (χ3v) is 5.90. The van der Waals surface area contributed by atoms with Crippen molar-refractivity contribution < 1.29 is 14.3 Å². The Bertz CT molecular complexity index is 883. The zero-order valence-electron chi connectivity index (χ0n) is 13.7. The van der Waals surface area contributed by atoms with Gasteiger partial charge in [0.1, 0.15) is 0 Å². The van der Waals surface area contributed by atoms with Gasteiger partial charge in [-0.25, -0.2) is 4.79 Å². The van der Waals surface area contributed by atoms with E-state index in [4.69, 9.17) is 9.47 Å². The van der Waals surface area contributed by atoms with Crippen molar-refractivity contribution in [3.63, 3.8) is 0 Å². The van der Waals surface area contributed by atoms with E-state index in [1.807, 2.05) is 24.3 Å². The maximum atomic E-state index is 12.8. The molecule has 0 aromatic heterocycles. The Morgan fingerprint density at radius 2 is 1.79 bits per heavy atom. The van der Waals surface area contributed by atoms with E-state index < -0.39 is 5.60 Å². The molecule has 120 valence electrons. The Labute approximate surface area is 140 Å². The molecule has 0 N–H and O–H groups in total. The lowest BCUT2D eigenvalue weighted by Crippen LogP contribution is -2.48. The summed E-state index contributed by atoms with van der Waals surface area (Å²) in [4.78, 5) is 12.8. The molecule has 24 heavy (non-hydrogen) atoms. The molecule has 1 fully saturated rings. The average Bonchev–Trinajstić information content (AvgIpc) is 3.11. The predicted octanol–water partition coefficient (Wildman–Crippen LogP) is 3.86. The fourth-order valence-electron chi connectivity index (χ4n) is 5.05. The number of rotatable bonds is 2. The second-order valence-corrected chi connectivity index (χ2v) is 6.82. The number of carbonyl (C=O) groups is 1. The lowest BCUT2D eigenvalue weighted by molar-refractivity contribution is -0.169. The van der Waals surface area contributed by atoms with Crippen LogP contribution in [0, 0.1) is 11.8 Å². The van der Waals surface area contributed by atoms with Gasteiger partial charge in [0.05, 0.1) is 13.2 Å². The zero-order valence-corrected chi connectivity index (χ0v) is 13.7. The summed E-state index contributed by atoms with van der Waals surface area (Å²) in [7, 11) is 1.44. The lowest BCUT2D eigenvalue weighted by Gasteiger charge is -2.45.